The second-order valence-electron chi connectivity index (χ2n) is 4.71. The van der Waals surface area contributed by atoms with Gasteiger partial charge in [0.25, 0.3) is 5.91 Å². The van der Waals surface area contributed by atoms with E-state index in [9.17, 15) is 9.90 Å². The van der Waals surface area contributed by atoms with Crippen LogP contribution in [0.2, 0.25) is 0 Å². The van der Waals surface area contributed by atoms with Crippen LogP contribution in [0.25, 0.3) is 0 Å². The molecule has 2 N–H and O–H groups in total. The molecule has 0 aliphatic carbocycles. The topological polar surface area (TPSA) is 52.6 Å². The summed E-state index contributed by atoms with van der Waals surface area (Å²) in [6.45, 7) is 2.13. The van der Waals surface area contributed by atoms with Gasteiger partial charge in [0.1, 0.15) is 0 Å². The van der Waals surface area contributed by atoms with Crippen LogP contribution >= 0.6 is 0 Å². The van der Waals surface area contributed by atoms with Crippen molar-refractivity contribution < 1.29 is 9.90 Å². The van der Waals surface area contributed by atoms with E-state index in [4.69, 9.17) is 0 Å². The van der Waals surface area contributed by atoms with Crippen molar-refractivity contribution in [3.05, 3.63) is 23.8 Å². The monoisotopic (exact) mass is 232 g/mol. The number of hydrogen-bond acceptors (Lipinski definition) is 3. The minimum atomic E-state index is -1.00. The molecule has 17 heavy (non-hydrogen) atoms. The molecule has 1 aromatic carbocycles. The quantitative estimate of drug-likeness (QED) is 0.774. The fourth-order valence-corrected chi connectivity index (χ4v) is 2.58. The van der Waals surface area contributed by atoms with Crippen LogP contribution in [0.4, 0.5) is 11.4 Å². The van der Waals surface area contributed by atoms with E-state index in [2.05, 4.69) is 10.2 Å². The van der Waals surface area contributed by atoms with Crippen molar-refractivity contribution in [1.29, 1.82) is 0 Å². The lowest BCUT2D eigenvalue weighted by Gasteiger charge is -2.29. The second kappa shape index (κ2) is 4.04. The van der Waals surface area contributed by atoms with E-state index in [0.29, 0.717) is 5.56 Å². The molecule has 1 fully saturated rings. The highest BCUT2D eigenvalue weighted by Gasteiger charge is 2.29. The van der Waals surface area contributed by atoms with Crippen molar-refractivity contribution in [3.8, 4) is 0 Å². The van der Waals surface area contributed by atoms with Gasteiger partial charge in [-0.1, -0.05) is 0 Å². The van der Waals surface area contributed by atoms with E-state index in [-0.39, 0.29) is 5.91 Å². The number of amides is 1. The predicted octanol–water partition coefficient (Wildman–Crippen LogP) is 1.66. The first-order valence-electron chi connectivity index (χ1n) is 6.13. The summed E-state index contributed by atoms with van der Waals surface area (Å²) in [7, 11) is 0. The molecule has 3 rings (SSSR count). The van der Waals surface area contributed by atoms with Crippen LogP contribution < -0.4 is 10.2 Å². The summed E-state index contributed by atoms with van der Waals surface area (Å²) in [5.41, 5.74) is 2.56. The number of piperidine rings is 1. The highest BCUT2D eigenvalue weighted by molar-refractivity contribution is 6.02. The van der Waals surface area contributed by atoms with Gasteiger partial charge in [0.05, 0.1) is 0 Å². The summed E-state index contributed by atoms with van der Waals surface area (Å²) in [5, 5.41) is 12.4. The molecule has 0 bridgehead atoms. The summed E-state index contributed by atoms with van der Waals surface area (Å²) in [5.74, 6) is -0.323. The number of aliphatic hydroxyl groups excluding tert-OH is 1. The van der Waals surface area contributed by atoms with Crippen molar-refractivity contribution >= 4 is 17.3 Å². The SMILES string of the molecule is O=C1Nc2ccc(N3CCCCC3)cc2C1O. The summed E-state index contributed by atoms with van der Waals surface area (Å²) in [4.78, 5) is 13.7. The van der Waals surface area contributed by atoms with Crippen molar-refractivity contribution in [2.75, 3.05) is 23.3 Å². The molecule has 0 aromatic heterocycles. The van der Waals surface area contributed by atoms with Crippen molar-refractivity contribution in [3.63, 3.8) is 0 Å². The zero-order valence-corrected chi connectivity index (χ0v) is 9.65. The van der Waals surface area contributed by atoms with Gasteiger partial charge in [-0.3, -0.25) is 4.79 Å². The lowest BCUT2D eigenvalue weighted by Crippen LogP contribution is -2.29. The van der Waals surface area contributed by atoms with Crippen LogP contribution in [0.15, 0.2) is 18.2 Å². The van der Waals surface area contributed by atoms with Gasteiger partial charge in [-0.25, -0.2) is 0 Å². The normalized spacial score (nSPS) is 23.5. The molecule has 0 saturated carbocycles. The fraction of sp³-hybridized carbons (Fsp3) is 0.462. The number of nitrogens with one attached hydrogen (secondary N) is 1. The summed E-state index contributed by atoms with van der Waals surface area (Å²) < 4.78 is 0. The van der Waals surface area contributed by atoms with E-state index in [1.807, 2.05) is 18.2 Å². The maximum absolute atomic E-state index is 11.3. The molecular formula is C13H16N2O2. The Balaban J connectivity index is 1.91. The average Bonchev–Trinajstić information content (AvgIpc) is 2.66. The van der Waals surface area contributed by atoms with Crippen LogP contribution in [-0.4, -0.2) is 24.1 Å². The summed E-state index contributed by atoms with van der Waals surface area (Å²) in [6.07, 6.45) is 2.73. The van der Waals surface area contributed by atoms with E-state index in [0.717, 1.165) is 24.5 Å². The fourth-order valence-electron chi connectivity index (χ4n) is 2.58. The standard InChI is InChI=1S/C13H16N2O2/c16-12-10-8-9(15-6-2-1-3-7-15)4-5-11(10)14-13(12)17/h4-5,8,12,16H,1-3,6-7H2,(H,14,17). The number of anilines is 2. The Morgan fingerprint density at radius 3 is 2.76 bits per heavy atom. The summed E-state index contributed by atoms with van der Waals surface area (Å²) in [6, 6.07) is 5.83. The zero-order chi connectivity index (χ0) is 11.8. The number of rotatable bonds is 1. The van der Waals surface area contributed by atoms with Crippen LogP contribution in [-0.2, 0) is 4.79 Å². The van der Waals surface area contributed by atoms with Crippen molar-refractivity contribution in [1.82, 2.24) is 0 Å². The van der Waals surface area contributed by atoms with E-state index >= 15 is 0 Å². The largest absolute Gasteiger partial charge is 0.378 e. The summed E-state index contributed by atoms with van der Waals surface area (Å²) >= 11 is 0. The molecule has 1 saturated heterocycles. The van der Waals surface area contributed by atoms with Crippen molar-refractivity contribution in [2.24, 2.45) is 0 Å². The molecule has 90 valence electrons. The lowest BCUT2D eigenvalue weighted by molar-refractivity contribution is -0.123. The first kappa shape index (κ1) is 10.6. The minimum absolute atomic E-state index is 0.323. The molecule has 2 heterocycles. The molecule has 1 aromatic rings. The molecule has 0 radical (unpaired) electrons. The maximum atomic E-state index is 11.3. The lowest BCUT2D eigenvalue weighted by atomic mass is 10.1. The van der Waals surface area contributed by atoms with Crippen LogP contribution in [0.1, 0.15) is 30.9 Å². The van der Waals surface area contributed by atoms with E-state index in [1.165, 1.54) is 19.3 Å². The number of nitrogens with zero attached hydrogens (tertiary/aromatic N) is 1. The van der Waals surface area contributed by atoms with Gasteiger partial charge in [0, 0.05) is 30.0 Å². The maximum Gasteiger partial charge on any atom is 0.257 e. The van der Waals surface area contributed by atoms with Crippen LogP contribution in [0, 0.1) is 0 Å². The Kier molecular flexibility index (Phi) is 2.52. The van der Waals surface area contributed by atoms with Crippen LogP contribution in [0.5, 0.6) is 0 Å². The number of fused-ring (bicyclic) bond motifs is 1. The number of hydrogen-bond donors (Lipinski definition) is 2. The molecule has 2 aliphatic heterocycles. The first-order chi connectivity index (χ1) is 8.25. The molecule has 4 heteroatoms. The molecule has 1 unspecified atom stereocenters. The third kappa shape index (κ3) is 1.78. The van der Waals surface area contributed by atoms with Gasteiger partial charge in [-0.15, -0.1) is 0 Å². The number of carbonyl (C=O) groups is 1. The first-order valence-corrected chi connectivity index (χ1v) is 6.13. The number of carbonyl (C=O) groups excluding carboxylic acids is 1. The highest BCUT2D eigenvalue weighted by Crippen LogP contribution is 2.34. The Labute approximate surface area is 100 Å². The average molecular weight is 232 g/mol. The Bertz CT molecular complexity index is 453. The molecular weight excluding hydrogens is 216 g/mol. The smallest absolute Gasteiger partial charge is 0.257 e. The third-order valence-electron chi connectivity index (χ3n) is 3.56. The third-order valence-corrected chi connectivity index (χ3v) is 3.56. The number of benzene rings is 1. The van der Waals surface area contributed by atoms with Gasteiger partial charge in [-0.2, -0.15) is 0 Å². The molecule has 1 atom stereocenters. The number of aliphatic hydroxyl groups is 1. The Morgan fingerprint density at radius 2 is 2.00 bits per heavy atom. The van der Waals surface area contributed by atoms with Gasteiger partial charge in [-0.05, 0) is 37.5 Å². The molecule has 4 nitrogen and oxygen atoms in total. The Morgan fingerprint density at radius 1 is 1.24 bits per heavy atom. The van der Waals surface area contributed by atoms with Gasteiger partial charge >= 0.3 is 0 Å². The zero-order valence-electron chi connectivity index (χ0n) is 9.65. The Hall–Kier alpha value is -1.55. The van der Waals surface area contributed by atoms with E-state index < -0.39 is 6.10 Å². The predicted molar refractivity (Wildman–Crippen MR) is 66.1 cm³/mol. The second-order valence-corrected chi connectivity index (χ2v) is 4.71. The van der Waals surface area contributed by atoms with Crippen LogP contribution in [0.3, 0.4) is 0 Å². The molecule has 0 spiro atoms. The molecule has 2 aliphatic rings. The van der Waals surface area contributed by atoms with Gasteiger partial charge in [0.2, 0.25) is 0 Å². The van der Waals surface area contributed by atoms with Gasteiger partial charge < -0.3 is 15.3 Å². The highest BCUT2D eigenvalue weighted by atomic mass is 16.3. The van der Waals surface area contributed by atoms with Crippen molar-refractivity contribution in [2.45, 2.75) is 25.4 Å². The minimum Gasteiger partial charge on any atom is -0.378 e. The van der Waals surface area contributed by atoms with Gasteiger partial charge in [0.15, 0.2) is 6.10 Å². The molecule has 1 amide bonds. The van der Waals surface area contributed by atoms with E-state index in [1.54, 1.807) is 0 Å².